The van der Waals surface area contributed by atoms with Crippen molar-refractivity contribution in [3.05, 3.63) is 44.4 Å². The number of nitrogens with one attached hydrogen (secondary N) is 4. The first kappa shape index (κ1) is 13.8. The van der Waals surface area contributed by atoms with Gasteiger partial charge in [-0.15, -0.1) is 0 Å². The summed E-state index contributed by atoms with van der Waals surface area (Å²) in [4.78, 5) is 38.4. The average molecular weight is 277 g/mol. The molecular weight excluding hydrogens is 262 g/mol. The van der Waals surface area contributed by atoms with Gasteiger partial charge in [-0.05, 0) is 6.42 Å². The van der Waals surface area contributed by atoms with Crippen LogP contribution in [0.1, 0.15) is 24.7 Å². The number of anilines is 1. The van der Waals surface area contributed by atoms with Crippen molar-refractivity contribution < 1.29 is 4.79 Å². The highest BCUT2D eigenvalue weighted by atomic mass is 16.2. The van der Waals surface area contributed by atoms with E-state index in [0.29, 0.717) is 5.82 Å². The second-order valence-electron chi connectivity index (χ2n) is 4.37. The molecule has 0 aliphatic heterocycles. The van der Waals surface area contributed by atoms with Crippen LogP contribution in [0.5, 0.6) is 0 Å². The van der Waals surface area contributed by atoms with E-state index in [2.05, 4.69) is 20.5 Å². The number of aryl methyl sites for hydroxylation is 1. The normalized spacial score (nSPS) is 10.4. The topological polar surface area (TPSA) is 124 Å². The van der Waals surface area contributed by atoms with E-state index in [-0.39, 0.29) is 18.0 Å². The lowest BCUT2D eigenvalue weighted by atomic mass is 10.2. The number of nitrogens with zero attached hydrogens (tertiary/aromatic N) is 1. The van der Waals surface area contributed by atoms with Gasteiger partial charge >= 0.3 is 5.69 Å². The lowest BCUT2D eigenvalue weighted by Crippen LogP contribution is -2.25. The molecule has 0 unspecified atom stereocenters. The van der Waals surface area contributed by atoms with E-state index >= 15 is 0 Å². The van der Waals surface area contributed by atoms with Crippen molar-refractivity contribution in [1.29, 1.82) is 0 Å². The molecule has 2 rings (SSSR count). The fraction of sp³-hybridized carbons (Fsp3) is 0.333. The zero-order valence-electron chi connectivity index (χ0n) is 10.9. The smallest absolute Gasteiger partial charge is 0.311 e. The largest absolute Gasteiger partial charge is 0.325 e. The van der Waals surface area contributed by atoms with E-state index in [9.17, 15) is 14.4 Å². The van der Waals surface area contributed by atoms with E-state index in [4.69, 9.17) is 0 Å². The highest BCUT2D eigenvalue weighted by molar-refractivity contribution is 5.91. The highest BCUT2D eigenvalue weighted by Gasteiger charge is 2.08. The van der Waals surface area contributed by atoms with Gasteiger partial charge in [0.2, 0.25) is 5.91 Å². The molecule has 8 heteroatoms. The van der Waals surface area contributed by atoms with E-state index in [1.54, 1.807) is 6.07 Å². The summed E-state index contributed by atoms with van der Waals surface area (Å²) in [6.45, 7) is 2.04. The monoisotopic (exact) mass is 277 g/mol. The van der Waals surface area contributed by atoms with E-state index in [0.717, 1.165) is 18.5 Å². The van der Waals surface area contributed by atoms with E-state index in [1.165, 1.54) is 6.07 Å². The minimum absolute atomic E-state index is 0.102. The van der Waals surface area contributed by atoms with Gasteiger partial charge in [-0.2, -0.15) is 5.10 Å². The Bertz CT molecular complexity index is 684. The molecule has 0 bridgehead atoms. The van der Waals surface area contributed by atoms with Crippen LogP contribution < -0.4 is 16.6 Å². The number of hydrogen-bond acceptors (Lipinski definition) is 4. The molecule has 0 spiro atoms. The summed E-state index contributed by atoms with van der Waals surface area (Å²) in [5.41, 5.74) is 0.0137. The third-order valence-electron chi connectivity index (χ3n) is 2.58. The zero-order chi connectivity index (χ0) is 14.5. The van der Waals surface area contributed by atoms with Gasteiger partial charge in [0.1, 0.15) is 0 Å². The number of aromatic nitrogens is 4. The fourth-order valence-electron chi connectivity index (χ4n) is 1.80. The summed E-state index contributed by atoms with van der Waals surface area (Å²) in [5.74, 6) is 0.0615. The summed E-state index contributed by atoms with van der Waals surface area (Å²) in [5, 5.41) is 9.36. The van der Waals surface area contributed by atoms with Crippen LogP contribution in [0.2, 0.25) is 0 Å². The molecule has 0 aliphatic carbocycles. The van der Waals surface area contributed by atoms with Crippen LogP contribution >= 0.6 is 0 Å². The minimum atomic E-state index is -0.634. The molecule has 0 saturated carbocycles. The summed E-state index contributed by atoms with van der Waals surface area (Å²) < 4.78 is 0. The lowest BCUT2D eigenvalue weighted by molar-refractivity contribution is -0.115. The number of hydrogen-bond donors (Lipinski definition) is 4. The molecule has 2 aromatic heterocycles. The first-order valence-electron chi connectivity index (χ1n) is 6.23. The fourth-order valence-corrected chi connectivity index (χ4v) is 1.80. The number of carbonyl (C=O) groups is 1. The second kappa shape index (κ2) is 6.00. The first-order valence-corrected chi connectivity index (χ1v) is 6.23. The molecule has 0 saturated heterocycles. The molecule has 2 heterocycles. The second-order valence-corrected chi connectivity index (χ2v) is 4.37. The third-order valence-corrected chi connectivity index (χ3v) is 2.58. The Morgan fingerprint density at radius 3 is 2.75 bits per heavy atom. The first-order chi connectivity index (χ1) is 9.56. The zero-order valence-corrected chi connectivity index (χ0v) is 10.9. The Hall–Kier alpha value is -2.64. The predicted molar refractivity (Wildman–Crippen MR) is 72.6 cm³/mol. The standard InChI is InChI=1S/C12H15N5O3/c1-2-3-7-4-9(17-16-7)14-10(18)5-8-6-11(19)15-12(20)13-8/h4,6H,2-3,5H2,1H3,(H2,13,15,19,20)(H2,14,16,17,18). The molecule has 0 aromatic carbocycles. The Balaban J connectivity index is 2.01. The molecule has 106 valence electrons. The summed E-state index contributed by atoms with van der Waals surface area (Å²) >= 11 is 0. The van der Waals surface area contributed by atoms with Crippen LogP contribution in [0, 0.1) is 0 Å². The Morgan fingerprint density at radius 2 is 2.05 bits per heavy atom. The number of carbonyl (C=O) groups excluding carboxylic acids is 1. The van der Waals surface area contributed by atoms with Gasteiger partial charge in [-0.1, -0.05) is 13.3 Å². The van der Waals surface area contributed by atoms with E-state index in [1.807, 2.05) is 11.9 Å². The number of H-pyrrole nitrogens is 3. The molecule has 20 heavy (non-hydrogen) atoms. The van der Waals surface area contributed by atoms with Crippen molar-refractivity contribution in [2.75, 3.05) is 5.32 Å². The summed E-state index contributed by atoms with van der Waals surface area (Å²) in [6, 6.07) is 2.93. The number of amides is 1. The van der Waals surface area contributed by atoms with Crippen molar-refractivity contribution in [2.24, 2.45) is 0 Å². The van der Waals surface area contributed by atoms with Crippen LogP contribution in [0.25, 0.3) is 0 Å². The summed E-state index contributed by atoms with van der Waals surface area (Å²) in [7, 11) is 0. The Kier molecular flexibility index (Phi) is 4.14. The molecule has 8 nitrogen and oxygen atoms in total. The van der Waals surface area contributed by atoms with Crippen molar-refractivity contribution in [3.8, 4) is 0 Å². The molecule has 0 aliphatic rings. The number of rotatable bonds is 5. The Labute approximate surface area is 113 Å². The predicted octanol–water partition coefficient (Wildman–Crippen LogP) is -0.0800. The minimum Gasteiger partial charge on any atom is -0.311 e. The molecule has 0 radical (unpaired) electrons. The van der Waals surface area contributed by atoms with Crippen molar-refractivity contribution in [2.45, 2.75) is 26.2 Å². The van der Waals surface area contributed by atoms with Crippen LogP contribution in [0.4, 0.5) is 5.82 Å². The van der Waals surface area contributed by atoms with Gasteiger partial charge in [0, 0.05) is 23.5 Å². The van der Waals surface area contributed by atoms with Gasteiger partial charge < -0.3 is 10.3 Å². The maximum atomic E-state index is 11.8. The average Bonchev–Trinajstić information content (AvgIpc) is 2.75. The van der Waals surface area contributed by atoms with Gasteiger partial charge in [0.15, 0.2) is 5.82 Å². The molecule has 1 amide bonds. The van der Waals surface area contributed by atoms with Crippen molar-refractivity contribution in [1.82, 2.24) is 20.2 Å². The van der Waals surface area contributed by atoms with Gasteiger partial charge in [0.25, 0.3) is 5.56 Å². The maximum absolute atomic E-state index is 11.8. The van der Waals surface area contributed by atoms with E-state index < -0.39 is 11.2 Å². The number of aromatic amines is 3. The SMILES string of the molecule is CCCc1cc(NC(=O)Cc2cc(=O)[nH]c(=O)[nH]2)n[nH]1. The van der Waals surface area contributed by atoms with Crippen LogP contribution in [-0.2, 0) is 17.6 Å². The van der Waals surface area contributed by atoms with Crippen molar-refractivity contribution >= 4 is 11.7 Å². The van der Waals surface area contributed by atoms with Crippen LogP contribution in [0.15, 0.2) is 21.7 Å². The summed E-state index contributed by atoms with van der Waals surface area (Å²) in [6.07, 6.45) is 1.73. The highest BCUT2D eigenvalue weighted by Crippen LogP contribution is 2.07. The van der Waals surface area contributed by atoms with Gasteiger partial charge in [0.05, 0.1) is 6.42 Å². The van der Waals surface area contributed by atoms with Crippen LogP contribution in [-0.4, -0.2) is 26.1 Å². The molecule has 0 atom stereocenters. The van der Waals surface area contributed by atoms with Gasteiger partial charge in [-0.25, -0.2) is 4.79 Å². The lowest BCUT2D eigenvalue weighted by Gasteiger charge is -2.01. The van der Waals surface area contributed by atoms with Crippen molar-refractivity contribution in [3.63, 3.8) is 0 Å². The van der Waals surface area contributed by atoms with Gasteiger partial charge in [-0.3, -0.25) is 19.7 Å². The Morgan fingerprint density at radius 1 is 1.25 bits per heavy atom. The third kappa shape index (κ3) is 3.67. The molecule has 4 N–H and O–H groups in total. The molecular formula is C12H15N5O3. The molecule has 0 fully saturated rings. The quantitative estimate of drug-likeness (QED) is 0.610. The molecule has 2 aromatic rings. The maximum Gasteiger partial charge on any atom is 0.325 e. The van der Waals surface area contributed by atoms with Crippen LogP contribution in [0.3, 0.4) is 0 Å².